The van der Waals surface area contributed by atoms with E-state index in [0.29, 0.717) is 32.1 Å². The molecule has 30 heavy (non-hydrogen) atoms. The van der Waals surface area contributed by atoms with Crippen LogP contribution < -0.4 is 15.6 Å². The molecular weight excluding hydrogens is 406 g/mol. The van der Waals surface area contributed by atoms with Gasteiger partial charge in [-0.05, 0) is 45.4 Å². The minimum absolute atomic E-state index is 0.291. The first-order valence-electron chi connectivity index (χ1n) is 9.39. The molecule has 2 aromatic heterocycles. The van der Waals surface area contributed by atoms with E-state index in [1.54, 1.807) is 52.0 Å². The first-order chi connectivity index (χ1) is 14.2. The fraction of sp³-hybridized carbons (Fsp3) is 0.333. The molecule has 1 amide bonds. The number of anilines is 1. The summed E-state index contributed by atoms with van der Waals surface area (Å²) in [5, 5.41) is 3.13. The van der Waals surface area contributed by atoms with Gasteiger partial charge in [0, 0.05) is 0 Å². The SMILES string of the molecule is COc1ccccc1NC(=O)c1sc2ncn([C@H](C)C(=O)OC(C)C)c(=O)c2c1C. The molecule has 1 aromatic carbocycles. The van der Waals surface area contributed by atoms with E-state index >= 15 is 0 Å². The summed E-state index contributed by atoms with van der Waals surface area (Å²) in [6.45, 7) is 6.76. The molecule has 0 aliphatic carbocycles. The van der Waals surface area contributed by atoms with Crippen molar-refractivity contribution in [2.75, 3.05) is 12.4 Å². The van der Waals surface area contributed by atoms with Crippen molar-refractivity contribution in [3.63, 3.8) is 0 Å². The van der Waals surface area contributed by atoms with E-state index in [1.165, 1.54) is 18.0 Å². The van der Waals surface area contributed by atoms with E-state index in [1.807, 2.05) is 0 Å². The van der Waals surface area contributed by atoms with Crippen LogP contribution in [-0.2, 0) is 9.53 Å². The molecule has 1 atom stereocenters. The van der Waals surface area contributed by atoms with Gasteiger partial charge >= 0.3 is 5.97 Å². The van der Waals surface area contributed by atoms with Crippen molar-refractivity contribution in [2.45, 2.75) is 39.8 Å². The summed E-state index contributed by atoms with van der Waals surface area (Å²) in [7, 11) is 1.52. The smallest absolute Gasteiger partial charge is 0.329 e. The third-order valence-electron chi connectivity index (χ3n) is 4.55. The average Bonchev–Trinajstić information content (AvgIpc) is 3.05. The van der Waals surface area contributed by atoms with Crippen LogP contribution in [0.25, 0.3) is 10.2 Å². The topological polar surface area (TPSA) is 99.5 Å². The Hall–Kier alpha value is -3.20. The predicted molar refractivity (Wildman–Crippen MR) is 116 cm³/mol. The molecule has 0 radical (unpaired) electrons. The van der Waals surface area contributed by atoms with Gasteiger partial charge in [-0.1, -0.05) is 12.1 Å². The van der Waals surface area contributed by atoms with E-state index in [2.05, 4.69) is 10.3 Å². The van der Waals surface area contributed by atoms with Crippen molar-refractivity contribution in [1.82, 2.24) is 9.55 Å². The van der Waals surface area contributed by atoms with Crippen LogP contribution in [0.1, 0.15) is 42.0 Å². The number of fused-ring (bicyclic) bond motifs is 1. The number of nitrogens with one attached hydrogen (secondary N) is 1. The van der Waals surface area contributed by atoms with Crippen molar-refractivity contribution >= 4 is 39.1 Å². The van der Waals surface area contributed by atoms with Gasteiger partial charge in [0.1, 0.15) is 16.6 Å². The van der Waals surface area contributed by atoms with E-state index in [4.69, 9.17) is 9.47 Å². The number of aromatic nitrogens is 2. The Balaban J connectivity index is 1.98. The van der Waals surface area contributed by atoms with Crippen molar-refractivity contribution in [3.8, 4) is 5.75 Å². The highest BCUT2D eigenvalue weighted by Gasteiger charge is 2.24. The number of hydrogen-bond donors (Lipinski definition) is 1. The lowest BCUT2D eigenvalue weighted by atomic mass is 10.2. The molecule has 0 saturated heterocycles. The maximum Gasteiger partial charge on any atom is 0.329 e. The van der Waals surface area contributed by atoms with Gasteiger partial charge in [0.2, 0.25) is 0 Å². The Morgan fingerprint density at radius 2 is 1.90 bits per heavy atom. The molecular formula is C21H23N3O5S. The van der Waals surface area contributed by atoms with Crippen LogP contribution in [0.5, 0.6) is 5.75 Å². The number of hydrogen-bond acceptors (Lipinski definition) is 7. The lowest BCUT2D eigenvalue weighted by molar-refractivity contribution is -0.151. The standard InChI is InChI=1S/C21H23N3O5S/c1-11(2)29-21(27)13(4)24-10-22-19-16(20(24)26)12(3)17(30-19)18(25)23-14-8-6-7-9-15(14)28-5/h6-11,13H,1-5H3,(H,23,25)/t13-/m1/s1. The van der Waals surface area contributed by atoms with Gasteiger partial charge in [0.25, 0.3) is 11.5 Å². The number of ether oxygens (including phenoxy) is 2. The van der Waals surface area contributed by atoms with Crippen LogP contribution in [0, 0.1) is 6.92 Å². The summed E-state index contributed by atoms with van der Waals surface area (Å²) in [6, 6.07) is 6.23. The summed E-state index contributed by atoms with van der Waals surface area (Å²) in [6.07, 6.45) is 1.02. The maximum absolute atomic E-state index is 13.0. The largest absolute Gasteiger partial charge is 0.495 e. The quantitative estimate of drug-likeness (QED) is 0.602. The van der Waals surface area contributed by atoms with E-state index in [9.17, 15) is 14.4 Å². The second-order valence-electron chi connectivity index (χ2n) is 7.01. The van der Waals surface area contributed by atoms with Crippen LogP contribution in [0.3, 0.4) is 0 Å². The summed E-state index contributed by atoms with van der Waals surface area (Å²) < 4.78 is 11.7. The monoisotopic (exact) mass is 429 g/mol. The summed E-state index contributed by atoms with van der Waals surface area (Å²) in [5.41, 5.74) is 0.647. The molecule has 8 nitrogen and oxygen atoms in total. The van der Waals surface area contributed by atoms with E-state index in [-0.39, 0.29) is 12.0 Å². The third-order valence-corrected chi connectivity index (χ3v) is 5.75. The zero-order chi connectivity index (χ0) is 22.0. The number of benzene rings is 1. The van der Waals surface area contributed by atoms with Crippen molar-refractivity contribution in [2.24, 2.45) is 0 Å². The number of nitrogens with zero attached hydrogens (tertiary/aromatic N) is 2. The van der Waals surface area contributed by atoms with Crippen molar-refractivity contribution in [1.29, 1.82) is 0 Å². The number of thiophene rings is 1. The number of esters is 1. The Bertz CT molecular complexity index is 1170. The fourth-order valence-electron chi connectivity index (χ4n) is 3.00. The molecule has 0 spiro atoms. The Labute approximate surface area is 177 Å². The molecule has 0 bridgehead atoms. The molecule has 0 saturated carbocycles. The molecule has 2 heterocycles. The number of carbonyl (C=O) groups excluding carboxylic acids is 2. The van der Waals surface area contributed by atoms with Crippen LogP contribution in [0.2, 0.25) is 0 Å². The third kappa shape index (κ3) is 4.06. The minimum atomic E-state index is -0.832. The van der Waals surface area contributed by atoms with E-state index in [0.717, 1.165) is 11.3 Å². The predicted octanol–water partition coefficient (Wildman–Crippen LogP) is 3.54. The highest BCUT2D eigenvalue weighted by atomic mass is 32.1. The normalized spacial score (nSPS) is 12.1. The summed E-state index contributed by atoms with van der Waals surface area (Å²) in [4.78, 5) is 43.2. The molecule has 0 aliphatic heterocycles. The molecule has 0 unspecified atom stereocenters. The lowest BCUT2D eigenvalue weighted by Gasteiger charge is -2.15. The number of methoxy groups -OCH3 is 1. The summed E-state index contributed by atoms with van der Waals surface area (Å²) >= 11 is 1.12. The molecule has 158 valence electrons. The molecule has 1 N–H and O–H groups in total. The first kappa shape index (κ1) is 21.5. The molecule has 9 heteroatoms. The number of carbonyl (C=O) groups is 2. The lowest BCUT2D eigenvalue weighted by Crippen LogP contribution is -2.30. The zero-order valence-corrected chi connectivity index (χ0v) is 18.2. The first-order valence-corrected chi connectivity index (χ1v) is 10.2. The number of aryl methyl sites for hydroxylation is 1. The number of amides is 1. The highest BCUT2D eigenvalue weighted by Crippen LogP contribution is 2.30. The second-order valence-corrected chi connectivity index (χ2v) is 8.01. The minimum Gasteiger partial charge on any atom is -0.495 e. The van der Waals surface area contributed by atoms with Gasteiger partial charge in [-0.2, -0.15) is 0 Å². The van der Waals surface area contributed by atoms with Crippen LogP contribution in [0.4, 0.5) is 5.69 Å². The van der Waals surface area contributed by atoms with Gasteiger partial charge in [-0.15, -0.1) is 11.3 Å². The van der Waals surface area contributed by atoms with Gasteiger partial charge in [0.05, 0.1) is 35.5 Å². The van der Waals surface area contributed by atoms with Gasteiger partial charge in [-0.3, -0.25) is 14.2 Å². The molecule has 3 aromatic rings. The maximum atomic E-state index is 13.0. The number of para-hydroxylation sites is 2. The highest BCUT2D eigenvalue weighted by molar-refractivity contribution is 7.20. The van der Waals surface area contributed by atoms with Crippen LogP contribution in [0.15, 0.2) is 35.4 Å². The van der Waals surface area contributed by atoms with Crippen molar-refractivity contribution in [3.05, 3.63) is 51.4 Å². The molecule has 3 rings (SSSR count). The molecule has 0 fully saturated rings. The van der Waals surface area contributed by atoms with Crippen LogP contribution >= 0.6 is 11.3 Å². The Kier molecular flexibility index (Phi) is 6.21. The Morgan fingerprint density at radius 3 is 2.57 bits per heavy atom. The second kappa shape index (κ2) is 8.66. The van der Waals surface area contributed by atoms with Crippen molar-refractivity contribution < 1.29 is 19.1 Å². The van der Waals surface area contributed by atoms with Gasteiger partial charge in [0.15, 0.2) is 0 Å². The molecule has 0 aliphatic rings. The van der Waals surface area contributed by atoms with Gasteiger partial charge in [-0.25, -0.2) is 9.78 Å². The zero-order valence-electron chi connectivity index (χ0n) is 17.4. The van der Waals surface area contributed by atoms with Crippen LogP contribution in [-0.4, -0.2) is 34.6 Å². The van der Waals surface area contributed by atoms with Gasteiger partial charge < -0.3 is 14.8 Å². The number of rotatable bonds is 6. The summed E-state index contributed by atoms with van der Waals surface area (Å²) in [5.74, 6) is -0.351. The fourth-order valence-corrected chi connectivity index (χ4v) is 4.04. The Morgan fingerprint density at radius 1 is 1.20 bits per heavy atom. The van der Waals surface area contributed by atoms with E-state index < -0.39 is 17.6 Å². The average molecular weight is 429 g/mol.